The first-order chi connectivity index (χ1) is 12.7. The van der Waals surface area contributed by atoms with Crippen molar-refractivity contribution >= 4 is 33.7 Å². The number of halogens is 2. The molecule has 0 saturated heterocycles. The fraction of sp³-hybridized carbons (Fsp3) is 0.333. The predicted octanol–water partition coefficient (Wildman–Crippen LogP) is 2.58. The molecule has 0 spiro atoms. The van der Waals surface area contributed by atoms with Gasteiger partial charge in [-0.1, -0.05) is 6.07 Å². The van der Waals surface area contributed by atoms with E-state index in [0.29, 0.717) is 6.42 Å². The Morgan fingerprint density at radius 1 is 1.25 bits per heavy atom. The summed E-state index contributed by atoms with van der Waals surface area (Å²) in [4.78, 5) is 6.40. The number of fused-ring (bicyclic) bond motifs is 1. The average Bonchev–Trinajstić information content (AvgIpc) is 3.00. The van der Waals surface area contributed by atoms with E-state index in [1.807, 2.05) is 32.0 Å². The second-order valence-electron chi connectivity index (χ2n) is 6.57. The van der Waals surface area contributed by atoms with Crippen LogP contribution in [-0.2, 0) is 16.3 Å². The van der Waals surface area contributed by atoms with Gasteiger partial charge < -0.3 is 10.2 Å². The minimum absolute atomic E-state index is 0. The molecule has 3 rings (SSSR count). The number of benzene rings is 1. The third-order valence-electron chi connectivity index (χ3n) is 4.20. The molecule has 152 valence electrons. The van der Waals surface area contributed by atoms with E-state index in [1.54, 1.807) is 7.05 Å². The normalized spacial score (nSPS) is 11.6. The van der Waals surface area contributed by atoms with Crippen molar-refractivity contribution in [2.45, 2.75) is 23.1 Å². The van der Waals surface area contributed by atoms with E-state index in [4.69, 9.17) is 0 Å². The molecule has 0 aliphatic carbocycles. The van der Waals surface area contributed by atoms with Gasteiger partial charge >= 0.3 is 0 Å². The van der Waals surface area contributed by atoms with Crippen molar-refractivity contribution in [1.82, 2.24) is 19.5 Å². The molecular formula is C18H23ClFN5O2S. The zero-order valence-corrected chi connectivity index (χ0v) is 17.7. The fourth-order valence-corrected chi connectivity index (χ4v) is 4.37. The average molecular weight is 428 g/mol. The van der Waals surface area contributed by atoms with E-state index in [2.05, 4.69) is 15.4 Å². The first-order valence-electron chi connectivity index (χ1n) is 8.46. The first-order valence-corrected chi connectivity index (χ1v) is 9.94. The van der Waals surface area contributed by atoms with Crippen LogP contribution in [0.1, 0.15) is 11.4 Å². The largest absolute Gasteiger partial charge is 0.370 e. The second-order valence-corrected chi connectivity index (χ2v) is 8.45. The number of sulfone groups is 1. The summed E-state index contributed by atoms with van der Waals surface area (Å²) in [7, 11) is 1.50. The van der Waals surface area contributed by atoms with E-state index < -0.39 is 15.7 Å². The molecule has 0 saturated carbocycles. The molecule has 2 heterocycles. The van der Waals surface area contributed by atoms with Crippen LogP contribution >= 0.6 is 12.4 Å². The third-order valence-corrected chi connectivity index (χ3v) is 5.99. The molecule has 0 amide bonds. The van der Waals surface area contributed by atoms with Crippen molar-refractivity contribution < 1.29 is 12.8 Å². The van der Waals surface area contributed by atoms with Crippen molar-refractivity contribution in [3.63, 3.8) is 0 Å². The molecule has 3 aromatic rings. The summed E-state index contributed by atoms with van der Waals surface area (Å²) in [6.45, 7) is 2.63. The highest BCUT2D eigenvalue weighted by molar-refractivity contribution is 7.91. The molecule has 10 heteroatoms. The molecule has 2 aromatic heterocycles. The molecule has 7 nitrogen and oxygen atoms in total. The summed E-state index contributed by atoms with van der Waals surface area (Å²) in [6.07, 6.45) is 0.670. The number of hydrogen-bond donors (Lipinski definition) is 1. The Balaban J connectivity index is 0.00000280. The van der Waals surface area contributed by atoms with Crippen LogP contribution in [0.3, 0.4) is 0 Å². The number of rotatable bonds is 6. The second kappa shape index (κ2) is 8.42. The summed E-state index contributed by atoms with van der Waals surface area (Å²) in [5, 5.41) is 7.16. The zero-order chi connectivity index (χ0) is 19.8. The Labute approximate surface area is 169 Å². The SMILES string of the molecule is CNc1nn2c(C)cc(CCN(C)C)nc2c1S(=O)(=O)c1cccc(F)c1.Cl. The van der Waals surface area contributed by atoms with E-state index in [1.165, 1.54) is 22.7 Å². The molecule has 0 unspecified atom stereocenters. The predicted molar refractivity (Wildman–Crippen MR) is 109 cm³/mol. The van der Waals surface area contributed by atoms with Crippen LogP contribution in [0.4, 0.5) is 10.2 Å². The van der Waals surface area contributed by atoms with Crippen LogP contribution in [0, 0.1) is 12.7 Å². The topological polar surface area (TPSA) is 79.6 Å². The van der Waals surface area contributed by atoms with Crippen LogP contribution in [0.15, 0.2) is 40.1 Å². The lowest BCUT2D eigenvalue weighted by atomic mass is 10.2. The molecule has 0 aliphatic rings. The van der Waals surface area contributed by atoms with Crippen LogP contribution in [0.2, 0.25) is 0 Å². The van der Waals surface area contributed by atoms with Crippen LogP contribution in [0.5, 0.6) is 0 Å². The zero-order valence-electron chi connectivity index (χ0n) is 16.1. The van der Waals surface area contributed by atoms with Gasteiger partial charge in [0.25, 0.3) is 0 Å². The van der Waals surface area contributed by atoms with Gasteiger partial charge in [0.2, 0.25) is 9.84 Å². The third kappa shape index (κ3) is 4.11. The summed E-state index contributed by atoms with van der Waals surface area (Å²) < 4.78 is 41.6. The molecule has 0 radical (unpaired) electrons. The summed E-state index contributed by atoms with van der Waals surface area (Å²) in [6, 6.07) is 6.83. The van der Waals surface area contributed by atoms with Gasteiger partial charge in [0, 0.05) is 31.4 Å². The number of hydrogen-bond acceptors (Lipinski definition) is 6. The van der Waals surface area contributed by atoms with E-state index >= 15 is 0 Å². The number of aryl methyl sites for hydroxylation is 1. The Morgan fingerprint density at radius 3 is 2.57 bits per heavy atom. The van der Waals surface area contributed by atoms with Crippen LogP contribution in [-0.4, -0.2) is 55.6 Å². The van der Waals surface area contributed by atoms with E-state index in [9.17, 15) is 12.8 Å². The highest BCUT2D eigenvalue weighted by Gasteiger charge is 2.29. The van der Waals surface area contributed by atoms with Gasteiger partial charge in [-0.05, 0) is 45.3 Å². The fourth-order valence-electron chi connectivity index (χ4n) is 2.84. The standard InChI is InChI=1S/C18H22FN5O2S.ClH/c1-12-10-14(8-9-23(3)4)21-18-16(17(20-2)22-24(12)18)27(25,26)15-7-5-6-13(19)11-15;/h5-7,10-11H,8-9H2,1-4H3,(H,20,22);1H. The Hall–Kier alpha value is -2.23. The van der Waals surface area contributed by atoms with Crippen molar-refractivity contribution in [1.29, 1.82) is 0 Å². The molecule has 0 aliphatic heterocycles. The molecule has 0 bridgehead atoms. The van der Waals surface area contributed by atoms with Gasteiger partial charge in [-0.3, -0.25) is 0 Å². The molecule has 0 atom stereocenters. The number of aromatic nitrogens is 3. The van der Waals surface area contributed by atoms with Gasteiger partial charge in [0.05, 0.1) is 4.90 Å². The lowest BCUT2D eigenvalue weighted by molar-refractivity contribution is 0.411. The maximum absolute atomic E-state index is 13.6. The summed E-state index contributed by atoms with van der Waals surface area (Å²) in [5.74, 6) is -0.436. The molecule has 0 fully saturated rings. The van der Waals surface area contributed by atoms with Gasteiger partial charge in [-0.15, -0.1) is 17.5 Å². The number of likely N-dealkylation sites (N-methyl/N-ethyl adjacent to an activating group) is 1. The smallest absolute Gasteiger partial charge is 0.214 e. The van der Waals surface area contributed by atoms with Gasteiger partial charge in [0.15, 0.2) is 16.4 Å². The number of nitrogens with zero attached hydrogens (tertiary/aromatic N) is 4. The van der Waals surface area contributed by atoms with Crippen molar-refractivity contribution in [3.8, 4) is 0 Å². The van der Waals surface area contributed by atoms with Crippen molar-refractivity contribution in [2.75, 3.05) is 33.0 Å². The van der Waals surface area contributed by atoms with E-state index in [-0.39, 0.29) is 33.7 Å². The van der Waals surface area contributed by atoms with Crippen molar-refractivity contribution in [2.24, 2.45) is 0 Å². The first kappa shape index (κ1) is 22.1. The van der Waals surface area contributed by atoms with Crippen molar-refractivity contribution in [3.05, 3.63) is 47.5 Å². The van der Waals surface area contributed by atoms with Gasteiger partial charge in [-0.25, -0.2) is 22.3 Å². The Bertz CT molecular complexity index is 1100. The monoisotopic (exact) mass is 427 g/mol. The highest BCUT2D eigenvalue weighted by Crippen LogP contribution is 2.31. The van der Waals surface area contributed by atoms with E-state index in [0.717, 1.165) is 24.0 Å². The lowest BCUT2D eigenvalue weighted by Gasteiger charge is -2.10. The highest BCUT2D eigenvalue weighted by atomic mass is 35.5. The van der Waals surface area contributed by atoms with Gasteiger partial charge in [0.1, 0.15) is 5.82 Å². The van der Waals surface area contributed by atoms with Crippen LogP contribution < -0.4 is 5.32 Å². The number of anilines is 1. The molecule has 28 heavy (non-hydrogen) atoms. The maximum Gasteiger partial charge on any atom is 0.214 e. The van der Waals surface area contributed by atoms with Gasteiger partial charge in [-0.2, -0.15) is 0 Å². The molecule has 1 N–H and O–H groups in total. The Kier molecular flexibility index (Phi) is 6.63. The molecule has 1 aromatic carbocycles. The maximum atomic E-state index is 13.6. The minimum Gasteiger partial charge on any atom is -0.370 e. The lowest BCUT2D eigenvalue weighted by Crippen LogP contribution is -2.16. The Morgan fingerprint density at radius 2 is 1.96 bits per heavy atom. The van der Waals surface area contributed by atoms with Crippen LogP contribution in [0.25, 0.3) is 5.65 Å². The summed E-state index contributed by atoms with van der Waals surface area (Å²) in [5.41, 5.74) is 1.77. The quantitative estimate of drug-likeness (QED) is 0.651. The summed E-state index contributed by atoms with van der Waals surface area (Å²) >= 11 is 0. The number of nitrogens with one attached hydrogen (secondary N) is 1. The minimum atomic E-state index is -4.01. The molecular weight excluding hydrogens is 405 g/mol.